The second-order valence-electron chi connectivity index (χ2n) is 17.8. The lowest BCUT2D eigenvalue weighted by Gasteiger charge is -2.53. The van der Waals surface area contributed by atoms with Gasteiger partial charge in [-0.3, -0.25) is 10.1 Å². The van der Waals surface area contributed by atoms with Crippen molar-refractivity contribution in [3.05, 3.63) is 35.4 Å². The van der Waals surface area contributed by atoms with Crippen molar-refractivity contribution in [2.75, 3.05) is 19.8 Å². The van der Waals surface area contributed by atoms with Gasteiger partial charge in [0.1, 0.15) is 12.6 Å². The molecule has 0 aromatic heterocycles. The summed E-state index contributed by atoms with van der Waals surface area (Å²) >= 11 is 0. The van der Waals surface area contributed by atoms with Gasteiger partial charge in [0.25, 0.3) is 0 Å². The molecule has 1 aliphatic carbocycles. The summed E-state index contributed by atoms with van der Waals surface area (Å²) in [6.45, 7) is 6.36. The Morgan fingerprint density at radius 2 is 1.80 bits per heavy atom. The molecule has 10 nitrogen and oxygen atoms in total. The number of aliphatic carboxylic acids is 1. The Labute approximate surface area is 306 Å². The van der Waals surface area contributed by atoms with E-state index in [1.165, 1.54) is 35.3 Å². The van der Waals surface area contributed by atoms with Gasteiger partial charge in [-0.15, -0.1) is 0 Å². The molecule has 10 atom stereocenters. The number of hydrogen-bond donors (Lipinski definition) is 8. The van der Waals surface area contributed by atoms with Gasteiger partial charge in [-0.25, -0.2) is 4.99 Å². The van der Waals surface area contributed by atoms with Crippen LogP contribution in [0.2, 0.25) is 0 Å². The highest BCUT2D eigenvalue weighted by Crippen LogP contribution is 2.46. The number of nitrogens with two attached hydrogens (primary N) is 1. The zero-order valence-electron chi connectivity index (χ0n) is 31.6. The molecule has 3 fully saturated rings. The number of carboxylic acid groups (broad SMARTS) is 1. The Kier molecular flexibility index (Phi) is 13.0. The topological polar surface area (TPSA) is 157 Å². The third-order valence-electron chi connectivity index (χ3n) is 13.7. The number of hydrogen-bond acceptors (Lipinski definition) is 8. The number of aliphatic hydroxyl groups is 2. The lowest BCUT2D eigenvalue weighted by atomic mass is 9.61. The van der Waals surface area contributed by atoms with Crippen molar-refractivity contribution < 1.29 is 25.0 Å². The zero-order chi connectivity index (χ0) is 36.1. The molecule has 9 N–H and O–H groups in total. The van der Waals surface area contributed by atoms with E-state index in [1.807, 2.05) is 6.21 Å². The first kappa shape index (κ1) is 38.8. The molecule has 1 aromatic rings. The maximum atomic E-state index is 11.9. The first-order valence-corrected chi connectivity index (χ1v) is 20.5. The molecule has 10 unspecified atom stereocenters. The molecule has 1 aromatic carbocycles. The number of piperidine rings is 2. The number of quaternary nitrogens is 1. The zero-order valence-corrected chi connectivity index (χ0v) is 31.6. The van der Waals surface area contributed by atoms with Crippen LogP contribution in [0.1, 0.15) is 134 Å². The minimum absolute atomic E-state index is 0.0235. The van der Waals surface area contributed by atoms with Crippen molar-refractivity contribution in [1.82, 2.24) is 16.0 Å². The molecule has 0 radical (unpaired) electrons. The van der Waals surface area contributed by atoms with E-state index in [2.05, 4.69) is 59.1 Å². The summed E-state index contributed by atoms with van der Waals surface area (Å²) in [7, 11) is 0. The van der Waals surface area contributed by atoms with Gasteiger partial charge < -0.3 is 36.6 Å². The van der Waals surface area contributed by atoms with Gasteiger partial charge >= 0.3 is 5.97 Å². The Morgan fingerprint density at radius 1 is 1.04 bits per heavy atom. The van der Waals surface area contributed by atoms with E-state index >= 15 is 0 Å². The number of aliphatic hydroxyl groups excluding tert-OH is 1. The summed E-state index contributed by atoms with van der Waals surface area (Å²) in [5, 5.41) is 43.7. The molecular weight excluding hydrogens is 640 g/mol. The standard InChI is InChI=1S/C41H68N6O4/c1-29-35(48)23-34(47-20-19-43-28-47)33(45-29)15-14-30-11-6-3-4-7-16-40(51,26-38(49)50)27-44-39(2)24-36(46-37(42)25-39)41(17-8-5-9-18-41)32-13-10-12-31(21-30)22-32/h10,12-13,19,22,29-30,33-37,44-46,48,51H,3-9,11,14-18,20-21,23-28,42H2,1-2H3,(H,49,50)/p+1. The fourth-order valence-electron chi connectivity index (χ4n) is 10.8. The molecule has 1 saturated carbocycles. The summed E-state index contributed by atoms with van der Waals surface area (Å²) in [4.78, 5) is 17.9. The minimum Gasteiger partial charge on any atom is -0.481 e. The molecule has 4 aliphatic heterocycles. The van der Waals surface area contributed by atoms with Crippen LogP contribution in [-0.4, -0.2) is 94.8 Å². The van der Waals surface area contributed by atoms with Crippen molar-refractivity contribution in [2.24, 2.45) is 16.6 Å². The third kappa shape index (κ3) is 9.80. The largest absolute Gasteiger partial charge is 0.481 e. The third-order valence-corrected chi connectivity index (χ3v) is 13.7. The van der Waals surface area contributed by atoms with Crippen LogP contribution in [0.25, 0.3) is 0 Å². The van der Waals surface area contributed by atoms with Crippen LogP contribution < -0.4 is 26.6 Å². The number of nitrogens with one attached hydrogen (secondary N) is 4. The number of rotatable bonds is 6. The second-order valence-corrected chi connectivity index (χ2v) is 17.8. The molecule has 10 heteroatoms. The fourth-order valence-corrected chi connectivity index (χ4v) is 10.8. The van der Waals surface area contributed by atoms with E-state index in [9.17, 15) is 20.1 Å². The van der Waals surface area contributed by atoms with Crippen LogP contribution in [0.3, 0.4) is 0 Å². The molecular formula is C41H69N6O4+. The molecule has 51 heavy (non-hydrogen) atoms. The lowest BCUT2D eigenvalue weighted by Crippen LogP contribution is -3.16. The fraction of sp³-hybridized carbons (Fsp3) is 0.805. The number of fused-ring (bicyclic) bond motifs is 6. The predicted octanol–water partition coefficient (Wildman–Crippen LogP) is 3.18. The second kappa shape index (κ2) is 17.0. The molecule has 2 saturated heterocycles. The van der Waals surface area contributed by atoms with Crippen LogP contribution in [0.15, 0.2) is 29.3 Å². The molecule has 5 aliphatic rings. The summed E-state index contributed by atoms with van der Waals surface area (Å²) in [6.07, 6.45) is 18.6. The molecule has 286 valence electrons. The Morgan fingerprint density at radius 3 is 2.57 bits per heavy atom. The highest BCUT2D eigenvalue weighted by molar-refractivity contribution is 5.68. The van der Waals surface area contributed by atoms with Gasteiger partial charge in [0.2, 0.25) is 0 Å². The van der Waals surface area contributed by atoms with Crippen LogP contribution in [0.4, 0.5) is 0 Å². The van der Waals surface area contributed by atoms with Crippen LogP contribution >= 0.6 is 0 Å². The van der Waals surface area contributed by atoms with Gasteiger partial charge in [-0.1, -0.05) is 75.6 Å². The van der Waals surface area contributed by atoms with E-state index in [1.54, 1.807) is 0 Å². The smallest absolute Gasteiger partial charge is 0.306 e. The Balaban J connectivity index is 1.27. The van der Waals surface area contributed by atoms with Gasteiger partial charge in [0, 0.05) is 36.0 Å². The number of carboxylic acids is 1. The van der Waals surface area contributed by atoms with E-state index in [4.69, 9.17) is 5.73 Å². The molecule has 1 spiro atoms. The van der Waals surface area contributed by atoms with Crippen LogP contribution in [-0.2, 0) is 16.6 Å². The van der Waals surface area contributed by atoms with Crippen molar-refractivity contribution in [3.63, 3.8) is 0 Å². The van der Waals surface area contributed by atoms with E-state index in [0.717, 1.165) is 96.7 Å². The van der Waals surface area contributed by atoms with Crippen molar-refractivity contribution in [1.29, 1.82) is 0 Å². The monoisotopic (exact) mass is 710 g/mol. The van der Waals surface area contributed by atoms with E-state index in [0.29, 0.717) is 24.4 Å². The lowest BCUT2D eigenvalue weighted by molar-refractivity contribution is -0.914. The Hall–Kier alpha value is -1.92. The average Bonchev–Trinajstić information content (AvgIpc) is 3.64. The Bertz CT molecular complexity index is 1310. The number of β-amino-alcohol motifs (C(OH)–C–C–N with tert-alkyl or cyclic N) is 1. The number of nitrogens with zero attached hydrogens (tertiary/aromatic N) is 1. The van der Waals surface area contributed by atoms with Crippen molar-refractivity contribution >= 4 is 12.2 Å². The maximum Gasteiger partial charge on any atom is 0.306 e. The van der Waals surface area contributed by atoms with E-state index < -0.39 is 11.6 Å². The summed E-state index contributed by atoms with van der Waals surface area (Å²) in [5.41, 5.74) is 8.04. The van der Waals surface area contributed by atoms with Crippen LogP contribution in [0.5, 0.6) is 0 Å². The van der Waals surface area contributed by atoms with E-state index in [-0.39, 0.29) is 48.3 Å². The SMILES string of the molecule is CC1NC(CCC2CCCCCCC(O)(CC(=O)O)CNC3(C)CC(N)NC(C3)C3(CCCCC3)c3cccc(c3)C2)C([NH+]2CC=NC2)CC1O. The number of carbonyl (C=O) groups is 1. The first-order chi connectivity index (χ1) is 24.5. The van der Waals surface area contributed by atoms with Crippen LogP contribution in [0, 0.1) is 5.92 Å². The average molecular weight is 710 g/mol. The van der Waals surface area contributed by atoms with Gasteiger partial charge in [0.05, 0.1) is 36.5 Å². The molecule has 4 heterocycles. The molecule has 0 amide bonds. The summed E-state index contributed by atoms with van der Waals surface area (Å²) < 4.78 is 0. The minimum atomic E-state index is -1.29. The first-order valence-electron chi connectivity index (χ1n) is 20.5. The number of aliphatic imine (C=N–C) groups is 1. The van der Waals surface area contributed by atoms with Gasteiger partial charge in [0.15, 0.2) is 6.67 Å². The predicted molar refractivity (Wildman–Crippen MR) is 203 cm³/mol. The maximum absolute atomic E-state index is 11.9. The number of benzene rings is 1. The summed E-state index contributed by atoms with van der Waals surface area (Å²) in [5.74, 6) is -0.402. The quantitative estimate of drug-likeness (QED) is 0.224. The van der Waals surface area contributed by atoms with Crippen molar-refractivity contribution in [3.8, 4) is 0 Å². The highest BCUT2D eigenvalue weighted by atomic mass is 16.4. The normalized spacial score (nSPS) is 39.6. The van der Waals surface area contributed by atoms with Gasteiger partial charge in [-0.2, -0.15) is 0 Å². The molecule has 4 bridgehead atoms. The van der Waals surface area contributed by atoms with Crippen molar-refractivity contribution in [2.45, 2.75) is 182 Å². The molecule has 6 rings (SSSR count). The summed E-state index contributed by atoms with van der Waals surface area (Å²) in [6, 6.07) is 10.6. The van der Waals surface area contributed by atoms with Gasteiger partial charge in [-0.05, 0) is 82.3 Å². The highest BCUT2D eigenvalue weighted by Gasteiger charge is 2.48.